The fourth-order valence-electron chi connectivity index (χ4n) is 1.32. The van der Waals surface area contributed by atoms with Gasteiger partial charge in [0.1, 0.15) is 0 Å². The van der Waals surface area contributed by atoms with Crippen LogP contribution in [0.25, 0.3) is 0 Å². The second-order valence-electron chi connectivity index (χ2n) is 3.75. The van der Waals surface area contributed by atoms with Crippen molar-refractivity contribution in [2.45, 2.75) is 0 Å². The molecule has 5 nitrogen and oxygen atoms in total. The van der Waals surface area contributed by atoms with Crippen molar-refractivity contribution >= 4 is 34.9 Å². The minimum Gasteiger partial charge on any atom is -0.383 e. The molecule has 3 N–H and O–H groups in total. The van der Waals surface area contributed by atoms with Gasteiger partial charge >= 0.3 is 6.03 Å². The van der Waals surface area contributed by atoms with Crippen molar-refractivity contribution < 1.29 is 9.53 Å². The van der Waals surface area contributed by atoms with Crippen LogP contribution in [-0.4, -0.2) is 39.4 Å². The van der Waals surface area contributed by atoms with Gasteiger partial charge in [0, 0.05) is 31.8 Å². The summed E-state index contributed by atoms with van der Waals surface area (Å²) < 4.78 is 4.88. The highest BCUT2D eigenvalue weighted by atomic mass is 35.5. The maximum absolute atomic E-state index is 11.6. The van der Waals surface area contributed by atoms with E-state index in [-0.39, 0.29) is 6.03 Å². The van der Waals surface area contributed by atoms with Gasteiger partial charge in [0.2, 0.25) is 0 Å². The molecule has 0 aliphatic rings. The van der Waals surface area contributed by atoms with E-state index >= 15 is 0 Å². The van der Waals surface area contributed by atoms with Crippen molar-refractivity contribution in [3.8, 4) is 0 Å². The molecule has 0 radical (unpaired) electrons. The Kier molecular flexibility index (Phi) is 7.59. The fraction of sp³-hybridized carbons (Fsp3) is 0.417. The molecule has 0 heterocycles. The molecule has 106 valence electrons. The van der Waals surface area contributed by atoms with Crippen molar-refractivity contribution in [1.29, 1.82) is 0 Å². The summed E-state index contributed by atoms with van der Waals surface area (Å²) in [6, 6.07) is 4.57. The van der Waals surface area contributed by atoms with Crippen molar-refractivity contribution in [3.05, 3.63) is 28.2 Å². The average Bonchev–Trinajstić information content (AvgIpc) is 2.38. The van der Waals surface area contributed by atoms with Crippen molar-refractivity contribution in [1.82, 2.24) is 10.6 Å². The third-order valence-corrected chi connectivity index (χ3v) is 2.81. The van der Waals surface area contributed by atoms with Gasteiger partial charge in [-0.1, -0.05) is 23.2 Å². The molecule has 0 fully saturated rings. The number of urea groups is 1. The van der Waals surface area contributed by atoms with Gasteiger partial charge in [-0.05, 0) is 18.2 Å². The number of carbonyl (C=O) groups is 1. The van der Waals surface area contributed by atoms with E-state index in [2.05, 4.69) is 16.0 Å². The normalized spacial score (nSPS) is 10.3. The maximum Gasteiger partial charge on any atom is 0.319 e. The Morgan fingerprint density at radius 2 is 2.05 bits per heavy atom. The van der Waals surface area contributed by atoms with E-state index in [1.807, 2.05) is 0 Å². The number of anilines is 1. The first-order valence-corrected chi connectivity index (χ1v) is 6.58. The van der Waals surface area contributed by atoms with E-state index in [9.17, 15) is 4.79 Å². The van der Waals surface area contributed by atoms with Gasteiger partial charge in [0.25, 0.3) is 0 Å². The van der Waals surface area contributed by atoms with E-state index in [1.54, 1.807) is 25.3 Å². The minimum atomic E-state index is -0.322. The summed E-state index contributed by atoms with van der Waals surface area (Å²) in [6.45, 7) is 2.57. The lowest BCUT2D eigenvalue weighted by Crippen LogP contribution is -2.35. The number of rotatable bonds is 7. The van der Waals surface area contributed by atoms with Gasteiger partial charge in [0.05, 0.1) is 17.3 Å². The number of hydrogen-bond acceptors (Lipinski definition) is 3. The molecular formula is C12H17Cl2N3O2. The van der Waals surface area contributed by atoms with Gasteiger partial charge in [-0.25, -0.2) is 4.79 Å². The van der Waals surface area contributed by atoms with Crippen LogP contribution in [0.15, 0.2) is 18.2 Å². The molecule has 0 saturated heterocycles. The summed E-state index contributed by atoms with van der Waals surface area (Å²) in [5.74, 6) is 0. The van der Waals surface area contributed by atoms with Crippen LogP contribution in [0.4, 0.5) is 10.5 Å². The molecule has 0 saturated carbocycles. The third kappa shape index (κ3) is 6.63. The molecule has 1 rings (SSSR count). The number of halogens is 2. The Hall–Kier alpha value is -1.01. The van der Waals surface area contributed by atoms with Crippen LogP contribution in [0.1, 0.15) is 0 Å². The van der Waals surface area contributed by atoms with Gasteiger partial charge in [0.15, 0.2) is 0 Å². The predicted molar refractivity (Wildman–Crippen MR) is 78.2 cm³/mol. The first-order chi connectivity index (χ1) is 9.13. The Labute approximate surface area is 122 Å². The number of benzene rings is 1. The third-order valence-electron chi connectivity index (χ3n) is 2.25. The zero-order chi connectivity index (χ0) is 14.1. The van der Waals surface area contributed by atoms with Crippen LogP contribution < -0.4 is 16.0 Å². The summed E-state index contributed by atoms with van der Waals surface area (Å²) >= 11 is 11.8. The number of hydrogen-bond donors (Lipinski definition) is 3. The molecule has 0 aromatic heterocycles. The van der Waals surface area contributed by atoms with Crippen molar-refractivity contribution in [2.75, 3.05) is 38.7 Å². The first kappa shape index (κ1) is 16.0. The maximum atomic E-state index is 11.6. The second kappa shape index (κ2) is 8.98. The van der Waals surface area contributed by atoms with Crippen LogP contribution in [-0.2, 0) is 4.74 Å². The molecule has 0 atom stereocenters. The molecule has 1 aromatic carbocycles. The van der Waals surface area contributed by atoms with Crippen LogP contribution in [0.5, 0.6) is 0 Å². The van der Waals surface area contributed by atoms with Crippen LogP contribution in [0.2, 0.25) is 10.0 Å². The number of methoxy groups -OCH3 is 1. The number of nitrogens with one attached hydrogen (secondary N) is 3. The van der Waals surface area contributed by atoms with Crippen LogP contribution in [0.3, 0.4) is 0 Å². The highest BCUT2D eigenvalue weighted by Crippen LogP contribution is 2.25. The van der Waals surface area contributed by atoms with E-state index < -0.39 is 0 Å². The van der Waals surface area contributed by atoms with E-state index in [4.69, 9.17) is 27.9 Å². The Bertz CT molecular complexity index is 416. The second-order valence-corrected chi connectivity index (χ2v) is 4.59. The first-order valence-electron chi connectivity index (χ1n) is 5.83. The standard InChI is InChI=1S/C12H17Cl2N3O2/c1-19-7-6-15-4-5-16-12(18)17-11-8-9(13)2-3-10(11)14/h2-3,8,15H,4-7H2,1H3,(H2,16,17,18). The van der Waals surface area contributed by atoms with Crippen molar-refractivity contribution in [3.63, 3.8) is 0 Å². The monoisotopic (exact) mass is 305 g/mol. The van der Waals surface area contributed by atoms with Crippen LogP contribution in [0, 0.1) is 0 Å². The summed E-state index contributed by atoms with van der Waals surface area (Å²) in [6.07, 6.45) is 0. The minimum absolute atomic E-state index is 0.322. The Morgan fingerprint density at radius 1 is 1.26 bits per heavy atom. The molecule has 0 aliphatic heterocycles. The largest absolute Gasteiger partial charge is 0.383 e. The molecule has 19 heavy (non-hydrogen) atoms. The van der Waals surface area contributed by atoms with Gasteiger partial charge < -0.3 is 20.7 Å². The molecule has 0 bridgehead atoms. The number of amides is 2. The molecule has 1 aromatic rings. The lowest BCUT2D eigenvalue weighted by atomic mass is 10.3. The number of carbonyl (C=O) groups excluding carboxylic acids is 1. The fourth-order valence-corrected chi connectivity index (χ4v) is 1.66. The Balaban J connectivity index is 2.25. The average molecular weight is 306 g/mol. The Morgan fingerprint density at radius 3 is 2.79 bits per heavy atom. The quantitative estimate of drug-likeness (QED) is 0.678. The topological polar surface area (TPSA) is 62.4 Å². The molecule has 0 aliphatic carbocycles. The number of ether oxygens (including phenoxy) is 1. The summed E-state index contributed by atoms with van der Waals surface area (Å²) in [4.78, 5) is 11.6. The van der Waals surface area contributed by atoms with E-state index in [0.29, 0.717) is 35.4 Å². The summed E-state index contributed by atoms with van der Waals surface area (Å²) in [7, 11) is 1.64. The zero-order valence-corrected chi connectivity index (χ0v) is 12.1. The smallest absolute Gasteiger partial charge is 0.319 e. The SMILES string of the molecule is COCCNCCNC(=O)Nc1cc(Cl)ccc1Cl. The predicted octanol–water partition coefficient (Wildman–Crippen LogP) is 2.35. The van der Waals surface area contributed by atoms with E-state index in [0.717, 1.165) is 6.54 Å². The zero-order valence-electron chi connectivity index (χ0n) is 10.6. The lowest BCUT2D eigenvalue weighted by molar-refractivity contribution is 0.199. The molecule has 0 spiro atoms. The lowest BCUT2D eigenvalue weighted by Gasteiger charge is -2.09. The summed E-state index contributed by atoms with van der Waals surface area (Å²) in [5, 5.41) is 9.40. The van der Waals surface area contributed by atoms with Gasteiger partial charge in [-0.3, -0.25) is 0 Å². The highest BCUT2D eigenvalue weighted by Gasteiger charge is 2.05. The van der Waals surface area contributed by atoms with E-state index in [1.165, 1.54) is 0 Å². The van der Waals surface area contributed by atoms with Gasteiger partial charge in [-0.15, -0.1) is 0 Å². The molecule has 0 unspecified atom stereocenters. The molecule has 2 amide bonds. The molecular weight excluding hydrogens is 289 g/mol. The summed E-state index contributed by atoms with van der Waals surface area (Å²) in [5.41, 5.74) is 0.485. The highest BCUT2D eigenvalue weighted by molar-refractivity contribution is 6.35. The molecule has 7 heteroatoms. The van der Waals surface area contributed by atoms with Crippen molar-refractivity contribution in [2.24, 2.45) is 0 Å². The van der Waals surface area contributed by atoms with Gasteiger partial charge in [-0.2, -0.15) is 0 Å². The van der Waals surface area contributed by atoms with Crippen LogP contribution >= 0.6 is 23.2 Å².